The molecule has 1 heterocycles. The van der Waals surface area contributed by atoms with E-state index in [1.807, 2.05) is 59.3 Å². The Kier molecular flexibility index (Phi) is 5.31. The highest BCUT2D eigenvalue weighted by molar-refractivity contribution is 5.74. The zero-order valence-corrected chi connectivity index (χ0v) is 14.0. The molecule has 6 heteroatoms. The van der Waals surface area contributed by atoms with Gasteiger partial charge in [0.15, 0.2) is 0 Å². The summed E-state index contributed by atoms with van der Waals surface area (Å²) in [7, 11) is 1.62. The second-order valence-corrected chi connectivity index (χ2v) is 5.45. The zero-order chi connectivity index (χ0) is 17.5. The summed E-state index contributed by atoms with van der Waals surface area (Å²) < 4.78 is 7.20. The van der Waals surface area contributed by atoms with Crippen molar-refractivity contribution in [1.29, 1.82) is 0 Å². The summed E-state index contributed by atoms with van der Waals surface area (Å²) in [5.41, 5.74) is 2.93. The van der Waals surface area contributed by atoms with Crippen molar-refractivity contribution in [2.24, 2.45) is 0 Å². The lowest BCUT2D eigenvalue weighted by Gasteiger charge is -2.13. The molecule has 0 radical (unpaired) electrons. The molecule has 0 atom stereocenters. The van der Waals surface area contributed by atoms with Crippen molar-refractivity contribution in [3.8, 4) is 11.4 Å². The van der Waals surface area contributed by atoms with E-state index in [-0.39, 0.29) is 6.03 Å². The molecule has 0 aliphatic heterocycles. The zero-order valence-electron chi connectivity index (χ0n) is 14.0. The van der Waals surface area contributed by atoms with Crippen LogP contribution in [-0.4, -0.2) is 22.7 Å². The molecule has 0 saturated heterocycles. The van der Waals surface area contributed by atoms with Crippen molar-refractivity contribution in [1.82, 2.24) is 20.2 Å². The summed E-state index contributed by atoms with van der Waals surface area (Å²) in [4.78, 5) is 16.2. The Balaban J connectivity index is 1.58. The van der Waals surface area contributed by atoms with Crippen LogP contribution in [0, 0.1) is 0 Å². The Morgan fingerprint density at radius 3 is 2.44 bits per heavy atom. The van der Waals surface area contributed by atoms with Crippen LogP contribution in [0.5, 0.6) is 5.75 Å². The smallest absolute Gasteiger partial charge is 0.315 e. The van der Waals surface area contributed by atoms with Crippen LogP contribution >= 0.6 is 0 Å². The first-order chi connectivity index (χ1) is 12.3. The maximum atomic E-state index is 12.1. The third-order valence-corrected chi connectivity index (χ3v) is 3.85. The van der Waals surface area contributed by atoms with Crippen LogP contribution in [0.4, 0.5) is 4.79 Å². The Morgan fingerprint density at radius 1 is 1.04 bits per heavy atom. The highest BCUT2D eigenvalue weighted by atomic mass is 16.5. The lowest BCUT2D eigenvalue weighted by Crippen LogP contribution is -2.34. The maximum absolute atomic E-state index is 12.1. The van der Waals surface area contributed by atoms with Crippen molar-refractivity contribution >= 4 is 6.03 Å². The molecule has 0 aliphatic carbocycles. The lowest BCUT2D eigenvalue weighted by atomic mass is 10.1. The number of hydrogen-bond donors (Lipinski definition) is 2. The first-order valence-corrected chi connectivity index (χ1v) is 7.98. The first kappa shape index (κ1) is 16.6. The molecule has 128 valence electrons. The fraction of sp³-hybridized carbons (Fsp3) is 0.158. The molecule has 1 aromatic heterocycles. The number of ether oxygens (including phenoxy) is 1. The standard InChI is InChI=1S/C19H20N4O2/c1-25-18-9-5-3-7-16(18)13-22-19(24)21-12-15-6-2-4-8-17(15)23-11-10-20-14-23/h2-11,14H,12-13H2,1H3,(H2,21,22,24). The number of nitrogens with one attached hydrogen (secondary N) is 2. The number of imidazole rings is 1. The number of amides is 2. The van der Waals surface area contributed by atoms with Gasteiger partial charge in [0, 0.05) is 31.0 Å². The first-order valence-electron chi connectivity index (χ1n) is 7.98. The highest BCUT2D eigenvalue weighted by Gasteiger charge is 2.07. The van der Waals surface area contributed by atoms with Crippen LogP contribution in [-0.2, 0) is 13.1 Å². The monoisotopic (exact) mass is 336 g/mol. The maximum Gasteiger partial charge on any atom is 0.315 e. The van der Waals surface area contributed by atoms with Crippen molar-refractivity contribution in [2.75, 3.05) is 7.11 Å². The van der Waals surface area contributed by atoms with Gasteiger partial charge < -0.3 is 19.9 Å². The second-order valence-electron chi connectivity index (χ2n) is 5.45. The van der Waals surface area contributed by atoms with E-state index in [4.69, 9.17) is 4.74 Å². The number of urea groups is 1. The SMILES string of the molecule is COc1ccccc1CNC(=O)NCc1ccccc1-n1ccnc1. The average Bonchev–Trinajstić information content (AvgIpc) is 3.19. The van der Waals surface area contributed by atoms with E-state index in [1.54, 1.807) is 19.6 Å². The molecule has 3 aromatic rings. The number of carbonyl (C=O) groups excluding carboxylic acids is 1. The molecular formula is C19H20N4O2. The van der Waals surface area contributed by atoms with E-state index in [9.17, 15) is 4.79 Å². The summed E-state index contributed by atoms with van der Waals surface area (Å²) in [5, 5.41) is 5.73. The largest absolute Gasteiger partial charge is 0.496 e. The van der Waals surface area contributed by atoms with Crippen LogP contribution < -0.4 is 15.4 Å². The molecule has 0 unspecified atom stereocenters. The molecular weight excluding hydrogens is 316 g/mol. The van der Waals surface area contributed by atoms with Crippen LogP contribution in [0.1, 0.15) is 11.1 Å². The number of rotatable bonds is 6. The third kappa shape index (κ3) is 4.17. The summed E-state index contributed by atoms with van der Waals surface area (Å²) in [5.74, 6) is 0.758. The third-order valence-electron chi connectivity index (χ3n) is 3.85. The molecule has 0 spiro atoms. The van der Waals surface area contributed by atoms with E-state index >= 15 is 0 Å². The fourth-order valence-corrected chi connectivity index (χ4v) is 2.58. The van der Waals surface area contributed by atoms with Gasteiger partial charge in [-0.2, -0.15) is 0 Å². The van der Waals surface area contributed by atoms with Gasteiger partial charge in [-0.1, -0.05) is 36.4 Å². The Morgan fingerprint density at radius 2 is 1.72 bits per heavy atom. The molecule has 6 nitrogen and oxygen atoms in total. The van der Waals surface area contributed by atoms with Crippen molar-refractivity contribution in [3.05, 3.63) is 78.4 Å². The molecule has 3 rings (SSSR count). The quantitative estimate of drug-likeness (QED) is 0.727. The molecule has 0 saturated carbocycles. The minimum Gasteiger partial charge on any atom is -0.496 e. The molecule has 2 aromatic carbocycles. The van der Waals surface area contributed by atoms with Crippen LogP contribution in [0.15, 0.2) is 67.3 Å². The Bertz CT molecular complexity index is 831. The molecule has 0 fully saturated rings. The van der Waals surface area contributed by atoms with E-state index in [1.165, 1.54) is 0 Å². The van der Waals surface area contributed by atoms with Crippen LogP contribution in [0.25, 0.3) is 5.69 Å². The predicted molar refractivity (Wildman–Crippen MR) is 95.6 cm³/mol. The second kappa shape index (κ2) is 8.01. The van der Waals surface area contributed by atoms with Gasteiger partial charge in [0.2, 0.25) is 0 Å². The van der Waals surface area contributed by atoms with E-state index in [0.29, 0.717) is 13.1 Å². The number of aromatic nitrogens is 2. The summed E-state index contributed by atoms with van der Waals surface area (Å²) >= 11 is 0. The topological polar surface area (TPSA) is 68.2 Å². The fourth-order valence-electron chi connectivity index (χ4n) is 2.58. The average molecular weight is 336 g/mol. The summed E-state index contributed by atoms with van der Waals surface area (Å²) in [6.07, 6.45) is 5.34. The normalized spacial score (nSPS) is 10.3. The van der Waals surface area contributed by atoms with Crippen molar-refractivity contribution < 1.29 is 9.53 Å². The van der Waals surface area contributed by atoms with Gasteiger partial charge in [-0.25, -0.2) is 9.78 Å². The minimum absolute atomic E-state index is 0.230. The predicted octanol–water partition coefficient (Wildman–Crippen LogP) is 2.88. The number of para-hydroxylation sites is 2. The minimum atomic E-state index is -0.230. The number of benzene rings is 2. The summed E-state index contributed by atoms with van der Waals surface area (Å²) in [6.45, 7) is 0.825. The molecule has 25 heavy (non-hydrogen) atoms. The van der Waals surface area contributed by atoms with Gasteiger partial charge in [0.05, 0.1) is 19.1 Å². The number of nitrogens with zero attached hydrogens (tertiary/aromatic N) is 2. The lowest BCUT2D eigenvalue weighted by molar-refractivity contribution is 0.240. The summed E-state index contributed by atoms with van der Waals surface area (Å²) in [6, 6.07) is 15.3. The van der Waals surface area contributed by atoms with E-state index in [2.05, 4.69) is 15.6 Å². The highest BCUT2D eigenvalue weighted by Crippen LogP contribution is 2.17. The van der Waals surface area contributed by atoms with Crippen molar-refractivity contribution in [3.63, 3.8) is 0 Å². The molecule has 0 bridgehead atoms. The Hall–Kier alpha value is -3.28. The number of methoxy groups -OCH3 is 1. The molecule has 2 N–H and O–H groups in total. The van der Waals surface area contributed by atoms with Gasteiger partial charge >= 0.3 is 6.03 Å². The van der Waals surface area contributed by atoms with Gasteiger partial charge in [-0.15, -0.1) is 0 Å². The van der Waals surface area contributed by atoms with Crippen molar-refractivity contribution in [2.45, 2.75) is 13.1 Å². The molecule has 2 amide bonds. The Labute approximate surface area is 146 Å². The van der Waals surface area contributed by atoms with Gasteiger partial charge in [-0.3, -0.25) is 0 Å². The molecule has 0 aliphatic rings. The van der Waals surface area contributed by atoms with Gasteiger partial charge in [0.25, 0.3) is 0 Å². The van der Waals surface area contributed by atoms with Crippen LogP contribution in [0.3, 0.4) is 0 Å². The van der Waals surface area contributed by atoms with Gasteiger partial charge in [0.1, 0.15) is 5.75 Å². The number of hydrogen-bond acceptors (Lipinski definition) is 3. The van der Waals surface area contributed by atoms with E-state index < -0.39 is 0 Å². The van der Waals surface area contributed by atoms with Crippen LogP contribution in [0.2, 0.25) is 0 Å². The van der Waals surface area contributed by atoms with Gasteiger partial charge in [-0.05, 0) is 17.7 Å². The van der Waals surface area contributed by atoms with E-state index in [0.717, 1.165) is 22.6 Å². The number of carbonyl (C=O) groups is 1.